The number of nitrogens with one attached hydrogen (secondary N) is 1. The summed E-state index contributed by atoms with van der Waals surface area (Å²) in [6.45, 7) is 13.3. The molecule has 4 atom stereocenters. The number of carboxylic acids is 1. The topological polar surface area (TPSA) is 89.9 Å². The molecule has 36 heavy (non-hydrogen) atoms. The molecule has 200 valence electrons. The first kappa shape index (κ1) is 28.2. The number of carbonyl (C=O) groups excluding carboxylic acids is 2. The van der Waals surface area contributed by atoms with Crippen LogP contribution in [0, 0.1) is 5.92 Å². The number of hydrogen-bond acceptors (Lipinski definition) is 4. The summed E-state index contributed by atoms with van der Waals surface area (Å²) in [5.41, 5.74) is 0.833. The first-order valence-electron chi connectivity index (χ1n) is 13.6. The van der Waals surface area contributed by atoms with E-state index >= 15 is 0 Å². The fourth-order valence-corrected chi connectivity index (χ4v) is 5.83. The monoisotopic (exact) mass is 499 g/mol. The smallest absolute Gasteiger partial charge is 0.335 e. The SMILES string of the molecule is CCC[C@@H]1C[C@H](N(C)C(C)C)CC[C@@H]1N1CCC(NC(=O)c2cc(C(=O)O)cc(C(C)(C)C)c2)C1=O. The summed E-state index contributed by atoms with van der Waals surface area (Å²) < 4.78 is 0. The number of nitrogens with zero attached hydrogens (tertiary/aromatic N) is 2. The number of amides is 2. The van der Waals surface area contributed by atoms with Crippen LogP contribution in [-0.4, -0.2) is 70.4 Å². The number of hydrogen-bond donors (Lipinski definition) is 2. The summed E-state index contributed by atoms with van der Waals surface area (Å²) in [6, 6.07) is 5.45. The lowest BCUT2D eigenvalue weighted by atomic mass is 9.77. The molecule has 0 radical (unpaired) electrons. The largest absolute Gasteiger partial charge is 0.478 e. The fraction of sp³-hybridized carbons (Fsp3) is 0.690. The minimum absolute atomic E-state index is 0.00412. The van der Waals surface area contributed by atoms with Crippen LogP contribution in [0.2, 0.25) is 0 Å². The van der Waals surface area contributed by atoms with Gasteiger partial charge >= 0.3 is 5.97 Å². The van der Waals surface area contributed by atoms with Crippen molar-refractivity contribution < 1.29 is 19.5 Å². The quantitative estimate of drug-likeness (QED) is 0.542. The second-order valence-corrected chi connectivity index (χ2v) is 12.0. The van der Waals surface area contributed by atoms with Crippen molar-refractivity contribution in [3.63, 3.8) is 0 Å². The molecule has 1 unspecified atom stereocenters. The van der Waals surface area contributed by atoms with Crippen molar-refractivity contribution in [1.29, 1.82) is 0 Å². The Hall–Kier alpha value is -2.41. The van der Waals surface area contributed by atoms with Gasteiger partial charge in [-0.1, -0.05) is 34.1 Å². The van der Waals surface area contributed by atoms with Gasteiger partial charge in [0.1, 0.15) is 6.04 Å². The first-order valence-corrected chi connectivity index (χ1v) is 13.6. The van der Waals surface area contributed by atoms with Crippen LogP contribution in [0.5, 0.6) is 0 Å². The van der Waals surface area contributed by atoms with E-state index in [1.807, 2.05) is 25.7 Å². The summed E-state index contributed by atoms with van der Waals surface area (Å²) in [6.07, 6.45) is 5.96. The van der Waals surface area contributed by atoms with E-state index in [-0.39, 0.29) is 28.5 Å². The van der Waals surface area contributed by atoms with E-state index in [1.54, 1.807) is 12.1 Å². The van der Waals surface area contributed by atoms with Crippen LogP contribution in [0.25, 0.3) is 0 Å². The van der Waals surface area contributed by atoms with Gasteiger partial charge in [-0.15, -0.1) is 0 Å². The average molecular weight is 500 g/mol. The summed E-state index contributed by atoms with van der Waals surface area (Å²) in [5, 5.41) is 12.5. The lowest BCUT2D eigenvalue weighted by Crippen LogP contribution is -2.51. The third kappa shape index (κ3) is 6.28. The van der Waals surface area contributed by atoms with Gasteiger partial charge in [0.25, 0.3) is 5.91 Å². The van der Waals surface area contributed by atoms with Gasteiger partial charge in [-0.25, -0.2) is 4.79 Å². The molecular formula is C29H45N3O4. The van der Waals surface area contributed by atoms with Gasteiger partial charge in [-0.05, 0) is 88.1 Å². The van der Waals surface area contributed by atoms with E-state index in [2.05, 4.69) is 38.0 Å². The van der Waals surface area contributed by atoms with E-state index in [0.717, 1.165) is 37.7 Å². The van der Waals surface area contributed by atoms with Crippen molar-refractivity contribution in [2.24, 2.45) is 5.92 Å². The Morgan fingerprint density at radius 2 is 1.81 bits per heavy atom. The standard InChI is InChI=1S/C29H45N3O4/c1-8-9-19-17-23(31(7)18(2)3)10-11-25(19)32-13-12-24(27(32)34)30-26(33)20-14-21(28(35)36)16-22(15-20)29(4,5)6/h14-16,18-19,23-25H,8-13,17H2,1-7H3,(H,30,33)(H,35,36)/t19-,23-,24?,25+/m1/s1. The Morgan fingerprint density at radius 3 is 2.39 bits per heavy atom. The third-order valence-electron chi connectivity index (χ3n) is 8.22. The van der Waals surface area contributed by atoms with Crippen LogP contribution < -0.4 is 5.32 Å². The van der Waals surface area contributed by atoms with Crippen molar-refractivity contribution in [2.45, 2.75) is 110 Å². The van der Waals surface area contributed by atoms with Gasteiger partial charge in [-0.2, -0.15) is 0 Å². The maximum Gasteiger partial charge on any atom is 0.335 e. The van der Waals surface area contributed by atoms with Crippen molar-refractivity contribution >= 4 is 17.8 Å². The predicted molar refractivity (Wildman–Crippen MR) is 142 cm³/mol. The van der Waals surface area contributed by atoms with Crippen LogP contribution >= 0.6 is 0 Å². The number of likely N-dealkylation sites (tertiary alicyclic amines) is 1. The minimum atomic E-state index is -1.07. The molecule has 7 nitrogen and oxygen atoms in total. The van der Waals surface area contributed by atoms with Gasteiger partial charge in [0, 0.05) is 30.2 Å². The van der Waals surface area contributed by atoms with E-state index in [0.29, 0.717) is 31.0 Å². The van der Waals surface area contributed by atoms with Crippen molar-refractivity contribution in [1.82, 2.24) is 15.1 Å². The molecule has 0 aromatic heterocycles. The lowest BCUT2D eigenvalue weighted by Gasteiger charge is -2.44. The highest BCUT2D eigenvalue weighted by Gasteiger charge is 2.42. The average Bonchev–Trinajstić information content (AvgIpc) is 3.17. The Balaban J connectivity index is 1.73. The molecule has 0 bridgehead atoms. The molecule has 1 saturated heterocycles. The highest BCUT2D eigenvalue weighted by atomic mass is 16.4. The zero-order valence-electron chi connectivity index (χ0n) is 23.1. The molecule has 1 aliphatic carbocycles. The number of rotatable bonds is 8. The van der Waals surface area contributed by atoms with Gasteiger partial charge < -0.3 is 20.2 Å². The highest BCUT2D eigenvalue weighted by molar-refractivity contribution is 6.00. The Kier molecular flexibility index (Phi) is 8.86. The molecule has 7 heteroatoms. The van der Waals surface area contributed by atoms with Crippen LogP contribution in [0.4, 0.5) is 0 Å². The van der Waals surface area contributed by atoms with Gasteiger partial charge in [0.2, 0.25) is 5.91 Å². The molecule has 3 rings (SSSR count). The highest BCUT2D eigenvalue weighted by Crippen LogP contribution is 2.36. The van der Waals surface area contributed by atoms with Crippen molar-refractivity contribution in [2.75, 3.05) is 13.6 Å². The number of aromatic carboxylic acids is 1. The predicted octanol–water partition coefficient (Wildman–Crippen LogP) is 4.69. The number of carboxylic acid groups (broad SMARTS) is 1. The van der Waals surface area contributed by atoms with E-state index < -0.39 is 17.9 Å². The van der Waals surface area contributed by atoms with E-state index in [9.17, 15) is 19.5 Å². The molecule has 1 saturated carbocycles. The molecule has 0 spiro atoms. The molecule has 2 fully saturated rings. The summed E-state index contributed by atoms with van der Waals surface area (Å²) >= 11 is 0. The molecule has 2 amide bonds. The zero-order valence-corrected chi connectivity index (χ0v) is 23.1. The minimum Gasteiger partial charge on any atom is -0.478 e. The molecule has 1 heterocycles. The normalized spacial score (nSPS) is 25.0. The van der Waals surface area contributed by atoms with Crippen LogP contribution in [-0.2, 0) is 10.2 Å². The van der Waals surface area contributed by atoms with Crippen LogP contribution in [0.1, 0.15) is 106 Å². The van der Waals surface area contributed by atoms with Crippen molar-refractivity contribution in [3.8, 4) is 0 Å². The number of benzene rings is 1. The van der Waals surface area contributed by atoms with Crippen LogP contribution in [0.15, 0.2) is 18.2 Å². The molecule has 2 aliphatic rings. The lowest BCUT2D eigenvalue weighted by molar-refractivity contribution is -0.133. The van der Waals surface area contributed by atoms with E-state index in [1.165, 1.54) is 6.07 Å². The second-order valence-electron chi connectivity index (χ2n) is 12.0. The Morgan fingerprint density at radius 1 is 1.14 bits per heavy atom. The summed E-state index contributed by atoms with van der Waals surface area (Å²) in [5.74, 6) is -0.999. The maximum atomic E-state index is 13.5. The fourth-order valence-electron chi connectivity index (χ4n) is 5.83. The molecule has 1 aromatic carbocycles. The molecular weight excluding hydrogens is 454 g/mol. The third-order valence-corrected chi connectivity index (χ3v) is 8.22. The molecule has 1 aromatic rings. The number of carbonyl (C=O) groups is 3. The Bertz CT molecular complexity index is 968. The van der Waals surface area contributed by atoms with Crippen LogP contribution in [0.3, 0.4) is 0 Å². The molecule has 2 N–H and O–H groups in total. The summed E-state index contributed by atoms with van der Waals surface area (Å²) in [4.78, 5) is 42.7. The van der Waals surface area contributed by atoms with Gasteiger partial charge in [0.05, 0.1) is 5.56 Å². The first-order chi connectivity index (χ1) is 16.8. The van der Waals surface area contributed by atoms with E-state index in [4.69, 9.17) is 0 Å². The zero-order chi connectivity index (χ0) is 26.8. The maximum absolute atomic E-state index is 13.5. The molecule has 1 aliphatic heterocycles. The Labute approximate surface area is 216 Å². The van der Waals surface area contributed by atoms with Gasteiger partial charge in [0.15, 0.2) is 0 Å². The second kappa shape index (κ2) is 11.3. The van der Waals surface area contributed by atoms with Crippen molar-refractivity contribution in [3.05, 3.63) is 34.9 Å². The van der Waals surface area contributed by atoms with Gasteiger partial charge in [-0.3, -0.25) is 9.59 Å². The summed E-state index contributed by atoms with van der Waals surface area (Å²) in [7, 11) is 2.20.